The number of urea groups is 1. The van der Waals surface area contributed by atoms with Crippen LogP contribution in [-0.4, -0.2) is 12.6 Å². The molecule has 2 amide bonds. The van der Waals surface area contributed by atoms with Crippen molar-refractivity contribution in [3.05, 3.63) is 0 Å². The van der Waals surface area contributed by atoms with Gasteiger partial charge >= 0.3 is 6.03 Å². The number of carbonyl (C=O) groups is 1. The molecule has 0 aliphatic carbocycles. The molecule has 0 aliphatic rings. The average Bonchev–Trinajstić information content (AvgIpc) is 1.98. The highest BCUT2D eigenvalue weighted by atomic mass is 16.2. The molecule has 0 saturated carbocycles. The molecule has 5 nitrogen and oxygen atoms in total. The van der Waals surface area contributed by atoms with E-state index in [1.165, 1.54) is 0 Å². The molecule has 0 aromatic heterocycles. The Labute approximate surface area is 59.7 Å². The summed E-state index contributed by atoms with van der Waals surface area (Å²) in [5.74, 6) is 4.73. The minimum atomic E-state index is -0.601. The van der Waals surface area contributed by atoms with Gasteiger partial charge in [0.15, 0.2) is 0 Å². The number of hydrazine groups is 1. The molecule has 0 heterocycles. The van der Waals surface area contributed by atoms with E-state index in [4.69, 9.17) is 5.84 Å². The van der Waals surface area contributed by atoms with Crippen molar-refractivity contribution in [3.8, 4) is 0 Å². The Kier molecular flexibility index (Phi) is 5.56. The number of unbranched alkanes of at least 4 members (excludes halogenated alkanes) is 1. The lowest BCUT2D eigenvalue weighted by Crippen LogP contribution is -2.26. The predicted molar refractivity (Wildman–Crippen MR) is 37.4 cm³/mol. The van der Waals surface area contributed by atoms with Crippen molar-refractivity contribution in [1.82, 2.24) is 5.43 Å². The predicted octanol–water partition coefficient (Wildman–Crippen LogP) is 0.822. The molecule has 0 unspecified atom stereocenters. The van der Waals surface area contributed by atoms with Crippen LogP contribution in [0.1, 0.15) is 19.8 Å². The second-order valence-corrected chi connectivity index (χ2v) is 1.77. The van der Waals surface area contributed by atoms with Gasteiger partial charge in [0.1, 0.15) is 0 Å². The normalized spacial score (nSPS) is 10.2. The first-order valence-electron chi connectivity index (χ1n) is 3.19. The van der Waals surface area contributed by atoms with Gasteiger partial charge in [-0.2, -0.15) is 5.11 Å². The maximum absolute atomic E-state index is 10.3. The molecule has 0 radical (unpaired) electrons. The Morgan fingerprint density at radius 2 is 2.40 bits per heavy atom. The van der Waals surface area contributed by atoms with Gasteiger partial charge in [0.2, 0.25) is 0 Å². The summed E-state index contributed by atoms with van der Waals surface area (Å²) in [5.41, 5.74) is 1.84. The molecule has 0 bridgehead atoms. The molecule has 0 atom stereocenters. The van der Waals surface area contributed by atoms with E-state index in [1.807, 2.05) is 12.3 Å². The number of hydrogen-bond donors (Lipinski definition) is 2. The standard InChI is InChI=1S/C5H12N4O/c1-2-3-4-7-9-5(10)8-6/h2-4,6H2,1H3,(H,8,10). The van der Waals surface area contributed by atoms with E-state index >= 15 is 0 Å². The molecular formula is C5H12N4O. The van der Waals surface area contributed by atoms with Gasteiger partial charge < -0.3 is 0 Å². The van der Waals surface area contributed by atoms with Crippen molar-refractivity contribution >= 4 is 6.03 Å². The maximum atomic E-state index is 10.3. The monoisotopic (exact) mass is 144 g/mol. The highest BCUT2D eigenvalue weighted by Gasteiger charge is 1.88. The van der Waals surface area contributed by atoms with Gasteiger partial charge in [-0.05, 0) is 6.42 Å². The van der Waals surface area contributed by atoms with Gasteiger partial charge in [-0.25, -0.2) is 10.6 Å². The Bertz CT molecular complexity index is 123. The van der Waals surface area contributed by atoms with Crippen molar-refractivity contribution < 1.29 is 4.79 Å². The lowest BCUT2D eigenvalue weighted by atomic mass is 10.3. The van der Waals surface area contributed by atoms with Gasteiger partial charge in [-0.1, -0.05) is 18.5 Å². The van der Waals surface area contributed by atoms with Gasteiger partial charge in [0.25, 0.3) is 0 Å². The molecular weight excluding hydrogens is 132 g/mol. The molecule has 58 valence electrons. The van der Waals surface area contributed by atoms with Crippen molar-refractivity contribution in [1.29, 1.82) is 0 Å². The molecule has 0 aromatic carbocycles. The largest absolute Gasteiger partial charge is 0.373 e. The molecule has 0 aromatic rings. The zero-order chi connectivity index (χ0) is 7.82. The SMILES string of the molecule is CCCCN=NC(=O)NN. The Balaban J connectivity index is 3.27. The molecule has 0 rings (SSSR count). The van der Waals surface area contributed by atoms with E-state index in [0.717, 1.165) is 12.8 Å². The van der Waals surface area contributed by atoms with Gasteiger partial charge in [0.05, 0.1) is 6.54 Å². The fourth-order valence-corrected chi connectivity index (χ4v) is 0.372. The minimum absolute atomic E-state index is 0.587. The maximum Gasteiger partial charge on any atom is 0.373 e. The fraction of sp³-hybridized carbons (Fsp3) is 0.800. The van der Waals surface area contributed by atoms with Crippen molar-refractivity contribution in [3.63, 3.8) is 0 Å². The Morgan fingerprint density at radius 3 is 2.90 bits per heavy atom. The molecule has 0 fully saturated rings. The van der Waals surface area contributed by atoms with E-state index in [-0.39, 0.29) is 0 Å². The first kappa shape index (κ1) is 9.03. The number of hydrogen-bond acceptors (Lipinski definition) is 3. The second kappa shape index (κ2) is 6.15. The van der Waals surface area contributed by atoms with Crippen LogP contribution in [-0.2, 0) is 0 Å². The van der Waals surface area contributed by atoms with Crippen LogP contribution in [0.25, 0.3) is 0 Å². The molecule has 10 heavy (non-hydrogen) atoms. The number of azo groups is 1. The van der Waals surface area contributed by atoms with Crippen molar-refractivity contribution in [2.75, 3.05) is 6.54 Å². The van der Waals surface area contributed by atoms with Crippen LogP contribution < -0.4 is 11.3 Å². The Morgan fingerprint density at radius 1 is 1.70 bits per heavy atom. The third-order valence-electron chi connectivity index (χ3n) is 0.897. The quantitative estimate of drug-likeness (QED) is 0.202. The summed E-state index contributed by atoms with van der Waals surface area (Å²) >= 11 is 0. The summed E-state index contributed by atoms with van der Waals surface area (Å²) in [7, 11) is 0. The van der Waals surface area contributed by atoms with Gasteiger partial charge in [-0.15, -0.1) is 0 Å². The third kappa shape index (κ3) is 5.17. The Hall–Kier alpha value is -0.970. The van der Waals surface area contributed by atoms with Gasteiger partial charge in [0, 0.05) is 0 Å². The average molecular weight is 144 g/mol. The summed E-state index contributed by atoms with van der Waals surface area (Å²) in [6, 6.07) is -0.601. The zero-order valence-corrected chi connectivity index (χ0v) is 6.00. The summed E-state index contributed by atoms with van der Waals surface area (Å²) in [4.78, 5) is 10.3. The van der Waals surface area contributed by atoms with Crippen LogP contribution >= 0.6 is 0 Å². The van der Waals surface area contributed by atoms with Crippen molar-refractivity contribution in [2.24, 2.45) is 16.1 Å². The number of nitrogens with two attached hydrogens (primary N) is 1. The lowest BCUT2D eigenvalue weighted by molar-refractivity contribution is 0.248. The van der Waals surface area contributed by atoms with E-state index in [2.05, 4.69) is 10.2 Å². The molecule has 0 aliphatic heterocycles. The first-order valence-corrected chi connectivity index (χ1v) is 3.19. The highest BCUT2D eigenvalue weighted by molar-refractivity contribution is 5.73. The van der Waals surface area contributed by atoms with Crippen molar-refractivity contribution in [2.45, 2.75) is 19.8 Å². The topological polar surface area (TPSA) is 79.8 Å². The van der Waals surface area contributed by atoms with Crippen LogP contribution in [0.3, 0.4) is 0 Å². The number of amides is 2. The summed E-state index contributed by atoms with van der Waals surface area (Å²) < 4.78 is 0. The van der Waals surface area contributed by atoms with E-state index < -0.39 is 6.03 Å². The fourth-order valence-electron chi connectivity index (χ4n) is 0.372. The number of rotatable bonds is 3. The molecule has 0 saturated heterocycles. The number of nitrogens with one attached hydrogen (secondary N) is 1. The van der Waals surface area contributed by atoms with E-state index in [0.29, 0.717) is 6.54 Å². The summed E-state index contributed by atoms with van der Waals surface area (Å²) in [6.07, 6.45) is 1.99. The van der Waals surface area contributed by atoms with E-state index in [1.54, 1.807) is 0 Å². The third-order valence-corrected chi connectivity index (χ3v) is 0.897. The molecule has 0 spiro atoms. The lowest BCUT2D eigenvalue weighted by Gasteiger charge is -1.88. The highest BCUT2D eigenvalue weighted by Crippen LogP contribution is 1.87. The minimum Gasteiger partial charge on any atom is -0.273 e. The van der Waals surface area contributed by atoms with Crippen LogP contribution in [0, 0.1) is 0 Å². The van der Waals surface area contributed by atoms with Crippen LogP contribution in [0.2, 0.25) is 0 Å². The number of nitrogens with zero attached hydrogens (tertiary/aromatic N) is 2. The van der Waals surface area contributed by atoms with Gasteiger partial charge in [-0.3, -0.25) is 5.43 Å². The van der Waals surface area contributed by atoms with Crippen LogP contribution in [0.5, 0.6) is 0 Å². The summed E-state index contributed by atoms with van der Waals surface area (Å²) in [6.45, 7) is 2.63. The molecule has 5 heteroatoms. The second-order valence-electron chi connectivity index (χ2n) is 1.77. The first-order chi connectivity index (χ1) is 4.81. The smallest absolute Gasteiger partial charge is 0.273 e. The van der Waals surface area contributed by atoms with Crippen LogP contribution in [0.4, 0.5) is 4.79 Å². The van der Waals surface area contributed by atoms with E-state index in [9.17, 15) is 4.79 Å². The number of carbonyl (C=O) groups excluding carboxylic acids is 1. The summed E-state index contributed by atoms with van der Waals surface area (Å²) in [5, 5.41) is 6.79. The van der Waals surface area contributed by atoms with Crippen LogP contribution in [0.15, 0.2) is 10.2 Å². The zero-order valence-electron chi connectivity index (χ0n) is 6.00. The molecule has 3 N–H and O–H groups in total.